The van der Waals surface area contributed by atoms with Gasteiger partial charge in [-0.15, -0.1) is 6.58 Å². The first-order valence-corrected chi connectivity index (χ1v) is 7.12. The summed E-state index contributed by atoms with van der Waals surface area (Å²) >= 11 is 0. The molecule has 0 saturated carbocycles. The minimum absolute atomic E-state index is 1.05. The van der Waals surface area contributed by atoms with E-state index in [0.29, 0.717) is 0 Å². The fourth-order valence-corrected chi connectivity index (χ4v) is 2.29. The van der Waals surface area contributed by atoms with E-state index >= 15 is 0 Å². The average Bonchev–Trinajstić information content (AvgIpc) is 2.47. The summed E-state index contributed by atoms with van der Waals surface area (Å²) in [6, 6.07) is 17.8. The molecule has 0 N–H and O–H groups in total. The van der Waals surface area contributed by atoms with E-state index in [-0.39, 0.29) is 0 Å². The van der Waals surface area contributed by atoms with Crippen molar-refractivity contribution in [2.24, 2.45) is 0 Å². The molecule has 0 amide bonds. The number of allylic oxidation sites excluding steroid dienone is 1. The lowest BCUT2D eigenvalue weighted by molar-refractivity contribution is 0.922. The molecule has 0 fully saturated rings. The highest BCUT2D eigenvalue weighted by atomic mass is 14.0. The van der Waals surface area contributed by atoms with E-state index in [2.05, 4.69) is 62.0 Å². The molecule has 19 heavy (non-hydrogen) atoms. The van der Waals surface area contributed by atoms with Crippen molar-refractivity contribution in [1.29, 1.82) is 0 Å². The first-order valence-electron chi connectivity index (χ1n) is 7.12. The van der Waals surface area contributed by atoms with Gasteiger partial charge in [0.15, 0.2) is 0 Å². The Labute approximate surface area is 116 Å². The molecule has 0 aromatic heterocycles. The fourth-order valence-electron chi connectivity index (χ4n) is 2.29. The summed E-state index contributed by atoms with van der Waals surface area (Å²) in [5, 5.41) is 0. The van der Waals surface area contributed by atoms with Crippen molar-refractivity contribution in [2.75, 3.05) is 0 Å². The molecule has 2 aromatic carbocycles. The van der Waals surface area contributed by atoms with Crippen LogP contribution < -0.4 is 0 Å². The van der Waals surface area contributed by atoms with Crippen LogP contribution in [0.3, 0.4) is 0 Å². The average molecular weight is 250 g/mol. The molecule has 98 valence electrons. The number of hydrogen-bond acceptors (Lipinski definition) is 0. The van der Waals surface area contributed by atoms with Crippen molar-refractivity contribution in [1.82, 2.24) is 0 Å². The molecule has 0 aliphatic carbocycles. The SMILES string of the molecule is C=CCCc1ccc(-c2ccc(CCC)cc2)cc1. The zero-order valence-corrected chi connectivity index (χ0v) is 11.7. The summed E-state index contributed by atoms with van der Waals surface area (Å²) < 4.78 is 0. The van der Waals surface area contributed by atoms with Crippen LogP contribution in [0.1, 0.15) is 30.9 Å². The maximum atomic E-state index is 3.76. The summed E-state index contributed by atoms with van der Waals surface area (Å²) in [7, 11) is 0. The number of hydrogen-bond donors (Lipinski definition) is 0. The van der Waals surface area contributed by atoms with Crippen molar-refractivity contribution < 1.29 is 0 Å². The predicted octanol–water partition coefficient (Wildman–Crippen LogP) is 5.42. The zero-order chi connectivity index (χ0) is 13.5. The Bertz CT molecular complexity index is 503. The van der Waals surface area contributed by atoms with Gasteiger partial charge in [-0.05, 0) is 41.5 Å². The van der Waals surface area contributed by atoms with E-state index in [4.69, 9.17) is 0 Å². The number of aryl methyl sites for hydroxylation is 2. The van der Waals surface area contributed by atoms with Crippen molar-refractivity contribution in [3.05, 3.63) is 72.3 Å². The van der Waals surface area contributed by atoms with Crippen LogP contribution >= 0.6 is 0 Å². The molecular weight excluding hydrogens is 228 g/mol. The Morgan fingerprint density at radius 2 is 1.26 bits per heavy atom. The lowest BCUT2D eigenvalue weighted by Crippen LogP contribution is -1.85. The van der Waals surface area contributed by atoms with Gasteiger partial charge < -0.3 is 0 Å². The highest BCUT2D eigenvalue weighted by Gasteiger charge is 1.98. The van der Waals surface area contributed by atoms with Crippen LogP contribution in [0.5, 0.6) is 0 Å². The lowest BCUT2D eigenvalue weighted by Gasteiger charge is -2.05. The molecule has 0 heteroatoms. The molecule has 0 saturated heterocycles. The van der Waals surface area contributed by atoms with Crippen LogP contribution in [0.4, 0.5) is 0 Å². The molecule has 0 heterocycles. The second-order valence-electron chi connectivity index (χ2n) is 4.97. The van der Waals surface area contributed by atoms with Gasteiger partial charge in [-0.2, -0.15) is 0 Å². The Morgan fingerprint density at radius 3 is 1.68 bits per heavy atom. The summed E-state index contributed by atoms with van der Waals surface area (Å²) in [6.45, 7) is 5.98. The predicted molar refractivity (Wildman–Crippen MR) is 84.4 cm³/mol. The summed E-state index contributed by atoms with van der Waals surface area (Å²) in [5.74, 6) is 0. The third-order valence-corrected chi connectivity index (χ3v) is 3.42. The van der Waals surface area contributed by atoms with Gasteiger partial charge in [-0.25, -0.2) is 0 Å². The molecule has 0 aliphatic rings. The number of benzene rings is 2. The van der Waals surface area contributed by atoms with Gasteiger partial charge in [0.25, 0.3) is 0 Å². The second kappa shape index (κ2) is 6.94. The quantitative estimate of drug-likeness (QED) is 0.600. The topological polar surface area (TPSA) is 0 Å². The first-order chi connectivity index (χ1) is 9.33. The zero-order valence-electron chi connectivity index (χ0n) is 11.7. The molecule has 0 spiro atoms. The van der Waals surface area contributed by atoms with Gasteiger partial charge in [0, 0.05) is 0 Å². The van der Waals surface area contributed by atoms with Crippen LogP contribution in [-0.4, -0.2) is 0 Å². The van der Waals surface area contributed by atoms with Crippen LogP contribution in [0.25, 0.3) is 11.1 Å². The van der Waals surface area contributed by atoms with Gasteiger partial charge in [0.1, 0.15) is 0 Å². The van der Waals surface area contributed by atoms with E-state index in [0.717, 1.165) is 12.8 Å². The highest BCUT2D eigenvalue weighted by molar-refractivity contribution is 5.63. The van der Waals surface area contributed by atoms with Gasteiger partial charge >= 0.3 is 0 Å². The van der Waals surface area contributed by atoms with Gasteiger partial charge in [-0.1, -0.05) is 68.0 Å². The third kappa shape index (κ3) is 3.82. The minimum atomic E-state index is 1.05. The number of rotatable bonds is 6. The van der Waals surface area contributed by atoms with E-state index in [1.807, 2.05) is 6.08 Å². The van der Waals surface area contributed by atoms with Gasteiger partial charge in [0.05, 0.1) is 0 Å². The maximum Gasteiger partial charge on any atom is -0.0184 e. The molecule has 0 atom stereocenters. The minimum Gasteiger partial charge on any atom is -0.103 e. The molecule has 0 bridgehead atoms. The second-order valence-corrected chi connectivity index (χ2v) is 4.97. The Balaban J connectivity index is 2.10. The summed E-state index contributed by atoms with van der Waals surface area (Å²) in [4.78, 5) is 0. The van der Waals surface area contributed by atoms with Gasteiger partial charge in [0.2, 0.25) is 0 Å². The van der Waals surface area contributed by atoms with Crippen LogP contribution in [-0.2, 0) is 12.8 Å². The highest BCUT2D eigenvalue weighted by Crippen LogP contribution is 2.21. The Morgan fingerprint density at radius 1 is 0.789 bits per heavy atom. The maximum absolute atomic E-state index is 3.76. The van der Waals surface area contributed by atoms with Crippen molar-refractivity contribution >= 4 is 0 Å². The third-order valence-electron chi connectivity index (χ3n) is 3.42. The van der Waals surface area contributed by atoms with E-state index in [1.54, 1.807) is 0 Å². The molecule has 2 aromatic rings. The standard InChI is InChI=1S/C19H22/c1-3-5-7-17-10-14-19(15-11-17)18-12-8-16(6-4-2)9-13-18/h3,8-15H,1,4-7H2,2H3. The summed E-state index contributed by atoms with van der Waals surface area (Å²) in [6.07, 6.45) is 6.47. The van der Waals surface area contributed by atoms with Crippen molar-refractivity contribution in [2.45, 2.75) is 32.6 Å². The summed E-state index contributed by atoms with van der Waals surface area (Å²) in [5.41, 5.74) is 5.40. The molecule has 0 radical (unpaired) electrons. The largest absolute Gasteiger partial charge is 0.103 e. The van der Waals surface area contributed by atoms with E-state index in [1.165, 1.54) is 35.1 Å². The molecule has 0 nitrogen and oxygen atoms in total. The van der Waals surface area contributed by atoms with E-state index in [9.17, 15) is 0 Å². The van der Waals surface area contributed by atoms with Crippen molar-refractivity contribution in [3.8, 4) is 11.1 Å². The Kier molecular flexibility index (Phi) is 4.97. The van der Waals surface area contributed by atoms with E-state index < -0.39 is 0 Å². The smallest absolute Gasteiger partial charge is 0.0184 e. The Hall–Kier alpha value is -1.82. The monoisotopic (exact) mass is 250 g/mol. The molecule has 2 rings (SSSR count). The normalized spacial score (nSPS) is 10.4. The van der Waals surface area contributed by atoms with Crippen LogP contribution in [0, 0.1) is 0 Å². The molecule has 0 unspecified atom stereocenters. The van der Waals surface area contributed by atoms with Crippen LogP contribution in [0.2, 0.25) is 0 Å². The molecule has 0 aliphatic heterocycles. The lowest BCUT2D eigenvalue weighted by atomic mass is 10.00. The van der Waals surface area contributed by atoms with Gasteiger partial charge in [-0.3, -0.25) is 0 Å². The molecular formula is C19H22. The fraction of sp³-hybridized carbons (Fsp3) is 0.263. The van der Waals surface area contributed by atoms with Crippen LogP contribution in [0.15, 0.2) is 61.2 Å². The first kappa shape index (κ1) is 13.6. The van der Waals surface area contributed by atoms with Crippen molar-refractivity contribution in [3.63, 3.8) is 0 Å².